The Bertz CT molecular complexity index is 1200. The Morgan fingerprint density at radius 2 is 1.83 bits per heavy atom. The number of rotatable bonds is 7. The fourth-order valence-electron chi connectivity index (χ4n) is 3.08. The molecular formula is C22H21N5O2S. The number of benzene rings is 2. The summed E-state index contributed by atoms with van der Waals surface area (Å²) in [6.07, 6.45) is 1.50. The molecule has 2 aromatic heterocycles. The molecule has 0 aliphatic heterocycles. The number of carbonyl (C=O) groups is 1. The van der Waals surface area contributed by atoms with Gasteiger partial charge in [0.1, 0.15) is 5.39 Å². The second-order valence-electron chi connectivity index (χ2n) is 6.90. The molecule has 30 heavy (non-hydrogen) atoms. The van der Waals surface area contributed by atoms with Crippen LogP contribution in [-0.2, 0) is 4.79 Å². The van der Waals surface area contributed by atoms with Crippen molar-refractivity contribution in [2.24, 2.45) is 0 Å². The summed E-state index contributed by atoms with van der Waals surface area (Å²) >= 11 is 1.19. The number of fused-ring (bicyclic) bond motifs is 1. The largest absolute Gasteiger partial charge is 0.355 e. The number of H-pyrrole nitrogens is 1. The van der Waals surface area contributed by atoms with Crippen LogP contribution in [0.4, 0.5) is 0 Å². The van der Waals surface area contributed by atoms with E-state index in [9.17, 15) is 9.59 Å². The smallest absolute Gasteiger partial charge is 0.262 e. The maximum Gasteiger partial charge on any atom is 0.262 e. The first kappa shape index (κ1) is 19.9. The van der Waals surface area contributed by atoms with Gasteiger partial charge in [0.2, 0.25) is 5.91 Å². The predicted octanol–water partition coefficient (Wildman–Crippen LogP) is 3.12. The van der Waals surface area contributed by atoms with Gasteiger partial charge in [-0.15, -0.1) is 0 Å². The fourth-order valence-corrected chi connectivity index (χ4v) is 3.76. The van der Waals surface area contributed by atoms with Gasteiger partial charge in [0.05, 0.1) is 17.6 Å². The van der Waals surface area contributed by atoms with E-state index < -0.39 is 0 Å². The molecule has 4 aromatic rings. The van der Waals surface area contributed by atoms with Crippen LogP contribution in [0.5, 0.6) is 0 Å². The van der Waals surface area contributed by atoms with E-state index >= 15 is 0 Å². The molecule has 0 fully saturated rings. The van der Waals surface area contributed by atoms with Crippen molar-refractivity contribution in [2.75, 3.05) is 12.3 Å². The fraction of sp³-hybridized carbons (Fsp3) is 0.182. The van der Waals surface area contributed by atoms with Crippen molar-refractivity contribution in [3.63, 3.8) is 0 Å². The molecule has 1 amide bonds. The van der Waals surface area contributed by atoms with E-state index in [1.54, 1.807) is 4.68 Å². The SMILES string of the molecule is C[C@H](CNC(=O)CSc1nc2c(cnn2-c2ccccc2)c(=O)[nH]1)c1ccccc1. The third-order valence-electron chi connectivity index (χ3n) is 4.73. The van der Waals surface area contributed by atoms with Crippen LogP contribution < -0.4 is 10.9 Å². The van der Waals surface area contributed by atoms with E-state index in [1.165, 1.54) is 23.5 Å². The summed E-state index contributed by atoms with van der Waals surface area (Å²) in [6, 6.07) is 19.5. The Hall–Kier alpha value is -3.39. The highest BCUT2D eigenvalue weighted by molar-refractivity contribution is 7.99. The van der Waals surface area contributed by atoms with E-state index in [0.717, 1.165) is 5.69 Å². The zero-order valence-electron chi connectivity index (χ0n) is 16.4. The number of amides is 1. The molecule has 2 heterocycles. The minimum Gasteiger partial charge on any atom is -0.355 e. The lowest BCUT2D eigenvalue weighted by Gasteiger charge is -2.12. The number of nitrogens with one attached hydrogen (secondary N) is 2. The van der Waals surface area contributed by atoms with E-state index in [0.29, 0.717) is 22.7 Å². The zero-order valence-corrected chi connectivity index (χ0v) is 17.2. The molecule has 0 unspecified atom stereocenters. The van der Waals surface area contributed by atoms with Gasteiger partial charge in [0, 0.05) is 6.54 Å². The molecule has 2 N–H and O–H groups in total. The molecule has 152 valence electrons. The van der Waals surface area contributed by atoms with Gasteiger partial charge in [0.25, 0.3) is 5.56 Å². The van der Waals surface area contributed by atoms with E-state index in [-0.39, 0.29) is 23.1 Å². The van der Waals surface area contributed by atoms with Crippen LogP contribution in [0.3, 0.4) is 0 Å². The number of aromatic amines is 1. The minimum absolute atomic E-state index is 0.109. The van der Waals surface area contributed by atoms with Crippen LogP contribution in [0, 0.1) is 0 Å². The monoisotopic (exact) mass is 419 g/mol. The molecule has 0 aliphatic rings. The average molecular weight is 420 g/mol. The highest BCUT2D eigenvalue weighted by Gasteiger charge is 2.13. The number of aromatic nitrogens is 4. The Kier molecular flexibility index (Phi) is 5.94. The third kappa shape index (κ3) is 4.44. The van der Waals surface area contributed by atoms with Gasteiger partial charge in [-0.1, -0.05) is 67.2 Å². The van der Waals surface area contributed by atoms with E-state index in [4.69, 9.17) is 0 Å². The first-order chi connectivity index (χ1) is 14.6. The second kappa shape index (κ2) is 8.96. The Morgan fingerprint density at radius 3 is 2.57 bits per heavy atom. The topological polar surface area (TPSA) is 92.7 Å². The Labute approximate surface area is 177 Å². The van der Waals surface area contributed by atoms with Crippen molar-refractivity contribution < 1.29 is 4.79 Å². The molecule has 0 spiro atoms. The third-order valence-corrected chi connectivity index (χ3v) is 5.60. The maximum atomic E-state index is 12.4. The van der Waals surface area contributed by atoms with Crippen LogP contribution in [-0.4, -0.2) is 38.0 Å². The summed E-state index contributed by atoms with van der Waals surface area (Å²) in [5.74, 6) is 0.270. The molecular weight excluding hydrogens is 398 g/mol. The lowest BCUT2D eigenvalue weighted by atomic mass is 10.0. The Balaban J connectivity index is 1.43. The van der Waals surface area contributed by atoms with Gasteiger partial charge in [-0.3, -0.25) is 9.59 Å². The molecule has 0 saturated heterocycles. The van der Waals surface area contributed by atoms with Crippen molar-refractivity contribution in [2.45, 2.75) is 18.0 Å². The summed E-state index contributed by atoms with van der Waals surface area (Å²) in [6.45, 7) is 2.62. The van der Waals surface area contributed by atoms with Crippen LogP contribution in [0.25, 0.3) is 16.7 Å². The quantitative estimate of drug-likeness (QED) is 0.355. The summed E-state index contributed by atoms with van der Waals surface area (Å²) in [5, 5.41) is 8.02. The normalized spacial score (nSPS) is 12.0. The molecule has 0 saturated carbocycles. The van der Waals surface area contributed by atoms with Gasteiger partial charge < -0.3 is 10.3 Å². The number of hydrogen-bond donors (Lipinski definition) is 2. The highest BCUT2D eigenvalue weighted by atomic mass is 32.2. The number of thioether (sulfide) groups is 1. The maximum absolute atomic E-state index is 12.4. The van der Waals surface area contributed by atoms with Gasteiger partial charge >= 0.3 is 0 Å². The van der Waals surface area contributed by atoms with Gasteiger partial charge in [0.15, 0.2) is 10.8 Å². The van der Waals surface area contributed by atoms with Crippen molar-refractivity contribution in [1.29, 1.82) is 0 Å². The van der Waals surface area contributed by atoms with Gasteiger partial charge in [-0.25, -0.2) is 9.67 Å². The van der Waals surface area contributed by atoms with Crippen molar-refractivity contribution in [1.82, 2.24) is 25.1 Å². The molecule has 0 bridgehead atoms. The summed E-state index contributed by atoms with van der Waals surface area (Å²) in [5.41, 5.74) is 2.18. The van der Waals surface area contributed by atoms with Crippen LogP contribution >= 0.6 is 11.8 Å². The van der Waals surface area contributed by atoms with Crippen molar-refractivity contribution in [3.05, 3.63) is 82.8 Å². The number of nitrogens with zero attached hydrogens (tertiary/aromatic N) is 3. The summed E-state index contributed by atoms with van der Waals surface area (Å²) in [7, 11) is 0. The lowest BCUT2D eigenvalue weighted by molar-refractivity contribution is -0.118. The predicted molar refractivity (Wildman–Crippen MR) is 118 cm³/mol. The minimum atomic E-state index is -0.275. The summed E-state index contributed by atoms with van der Waals surface area (Å²) < 4.78 is 1.62. The molecule has 1 atom stereocenters. The number of carbonyl (C=O) groups excluding carboxylic acids is 1. The van der Waals surface area contributed by atoms with Crippen LogP contribution in [0.2, 0.25) is 0 Å². The second-order valence-corrected chi connectivity index (χ2v) is 7.87. The molecule has 2 aromatic carbocycles. The first-order valence-corrected chi connectivity index (χ1v) is 10.6. The average Bonchev–Trinajstić information content (AvgIpc) is 3.22. The standard InChI is InChI=1S/C22H21N5O2S/c1-15(16-8-4-2-5-9-16)12-23-19(28)14-30-22-25-20-18(21(29)26-22)13-24-27(20)17-10-6-3-7-11-17/h2-11,13,15H,12,14H2,1H3,(H,23,28)(H,25,26,29)/t15-/m1/s1. The Morgan fingerprint density at radius 1 is 1.13 bits per heavy atom. The summed E-state index contributed by atoms with van der Waals surface area (Å²) in [4.78, 5) is 31.9. The van der Waals surface area contributed by atoms with Gasteiger partial charge in [-0.2, -0.15) is 5.10 Å². The van der Waals surface area contributed by atoms with Crippen LogP contribution in [0.15, 0.2) is 76.8 Å². The first-order valence-electron chi connectivity index (χ1n) is 9.60. The van der Waals surface area contributed by atoms with E-state index in [2.05, 4.69) is 27.3 Å². The molecule has 0 aliphatic carbocycles. The highest BCUT2D eigenvalue weighted by Crippen LogP contribution is 2.18. The number of para-hydroxylation sites is 1. The van der Waals surface area contributed by atoms with E-state index in [1.807, 2.05) is 60.7 Å². The molecule has 7 nitrogen and oxygen atoms in total. The van der Waals surface area contributed by atoms with Gasteiger partial charge in [-0.05, 0) is 23.6 Å². The molecule has 4 rings (SSSR count). The van der Waals surface area contributed by atoms with Crippen molar-refractivity contribution >= 4 is 28.7 Å². The lowest BCUT2D eigenvalue weighted by Crippen LogP contribution is -2.29. The van der Waals surface area contributed by atoms with Crippen LogP contribution in [0.1, 0.15) is 18.4 Å². The number of hydrogen-bond acceptors (Lipinski definition) is 5. The van der Waals surface area contributed by atoms with Crippen molar-refractivity contribution in [3.8, 4) is 5.69 Å². The zero-order chi connectivity index (χ0) is 20.9. The molecule has 8 heteroatoms. The molecule has 0 radical (unpaired) electrons.